The molecule has 0 unspecified atom stereocenters. The number of carbonyl (C=O) groups is 2. The molecule has 2 N–H and O–H groups in total. The van der Waals surface area contributed by atoms with Crippen molar-refractivity contribution in [2.24, 2.45) is 0 Å². The molecule has 0 spiro atoms. The molecule has 0 bridgehead atoms. The fourth-order valence-corrected chi connectivity index (χ4v) is 4.38. The SMILES string of the molecule is CN(C)S(=O)(=O)N(CC(=O)Nc1ccccc1C(=O)NCCc1ccccc1)c1ccccc1F. The van der Waals surface area contributed by atoms with Crippen LogP contribution < -0.4 is 14.9 Å². The summed E-state index contributed by atoms with van der Waals surface area (Å²) in [5.74, 6) is -1.91. The number of hydrogen-bond donors (Lipinski definition) is 2. The minimum Gasteiger partial charge on any atom is -0.352 e. The molecule has 0 aliphatic carbocycles. The number of benzene rings is 3. The standard InChI is InChI=1S/C25H27FN4O4S/c1-29(2)35(33,34)30(23-15-9-7-13-21(23)26)18-24(31)28-22-14-8-6-12-20(22)25(32)27-17-16-19-10-4-3-5-11-19/h3-15H,16-18H2,1-2H3,(H,27,32)(H,28,31). The first kappa shape index (κ1) is 25.9. The Morgan fingerprint density at radius 2 is 1.51 bits per heavy atom. The zero-order chi connectivity index (χ0) is 25.4. The van der Waals surface area contributed by atoms with Crippen molar-refractivity contribution in [2.45, 2.75) is 6.42 Å². The number of hydrogen-bond acceptors (Lipinski definition) is 4. The fourth-order valence-electron chi connectivity index (χ4n) is 3.31. The van der Waals surface area contributed by atoms with E-state index in [0.717, 1.165) is 15.9 Å². The molecular weight excluding hydrogens is 471 g/mol. The van der Waals surface area contributed by atoms with Crippen LogP contribution in [0.1, 0.15) is 15.9 Å². The summed E-state index contributed by atoms with van der Waals surface area (Å²) in [6.45, 7) is -0.293. The van der Waals surface area contributed by atoms with Gasteiger partial charge in [0.2, 0.25) is 5.91 Å². The second-order valence-electron chi connectivity index (χ2n) is 7.83. The number of para-hydroxylation sites is 2. The number of carbonyl (C=O) groups excluding carboxylic acids is 2. The molecule has 0 atom stereocenters. The number of amides is 2. The molecule has 3 rings (SSSR count). The molecule has 3 aromatic rings. The van der Waals surface area contributed by atoms with Crippen molar-refractivity contribution in [1.29, 1.82) is 0 Å². The highest BCUT2D eigenvalue weighted by Crippen LogP contribution is 2.23. The summed E-state index contributed by atoms with van der Waals surface area (Å²) < 4.78 is 41.6. The van der Waals surface area contributed by atoms with Crippen LogP contribution in [0.2, 0.25) is 0 Å². The van der Waals surface area contributed by atoms with Gasteiger partial charge in [-0.2, -0.15) is 12.7 Å². The number of anilines is 2. The Kier molecular flexibility index (Phi) is 8.56. The molecule has 3 aromatic carbocycles. The van der Waals surface area contributed by atoms with E-state index >= 15 is 0 Å². The molecule has 0 fully saturated rings. The highest BCUT2D eigenvalue weighted by Gasteiger charge is 2.29. The molecule has 35 heavy (non-hydrogen) atoms. The summed E-state index contributed by atoms with van der Waals surface area (Å²) in [4.78, 5) is 25.6. The van der Waals surface area contributed by atoms with E-state index in [0.29, 0.717) is 17.3 Å². The van der Waals surface area contributed by atoms with E-state index in [-0.39, 0.29) is 22.8 Å². The van der Waals surface area contributed by atoms with Gasteiger partial charge in [0, 0.05) is 20.6 Å². The molecule has 184 valence electrons. The van der Waals surface area contributed by atoms with E-state index < -0.39 is 28.5 Å². The van der Waals surface area contributed by atoms with Gasteiger partial charge in [-0.05, 0) is 36.2 Å². The number of nitrogens with one attached hydrogen (secondary N) is 2. The van der Waals surface area contributed by atoms with Crippen LogP contribution in [0.25, 0.3) is 0 Å². The first-order valence-electron chi connectivity index (χ1n) is 10.9. The summed E-state index contributed by atoms with van der Waals surface area (Å²) in [5.41, 5.74) is 1.25. The molecule has 0 heterocycles. The molecule has 10 heteroatoms. The molecule has 0 aliphatic rings. The lowest BCUT2D eigenvalue weighted by Gasteiger charge is -2.27. The highest BCUT2D eigenvalue weighted by molar-refractivity contribution is 7.90. The van der Waals surface area contributed by atoms with Crippen LogP contribution >= 0.6 is 0 Å². The zero-order valence-electron chi connectivity index (χ0n) is 19.4. The Morgan fingerprint density at radius 1 is 0.886 bits per heavy atom. The van der Waals surface area contributed by atoms with E-state index in [1.165, 1.54) is 38.4 Å². The predicted molar refractivity (Wildman–Crippen MR) is 134 cm³/mol. The third-order valence-electron chi connectivity index (χ3n) is 5.14. The van der Waals surface area contributed by atoms with E-state index in [1.807, 2.05) is 30.3 Å². The molecule has 0 aromatic heterocycles. The maximum absolute atomic E-state index is 14.4. The average molecular weight is 499 g/mol. The summed E-state index contributed by atoms with van der Waals surface area (Å²) in [6, 6.07) is 21.4. The van der Waals surface area contributed by atoms with Gasteiger partial charge in [0.1, 0.15) is 12.4 Å². The van der Waals surface area contributed by atoms with Gasteiger partial charge in [-0.1, -0.05) is 54.6 Å². The van der Waals surface area contributed by atoms with Gasteiger partial charge in [-0.15, -0.1) is 0 Å². The lowest BCUT2D eigenvalue weighted by molar-refractivity contribution is -0.114. The van der Waals surface area contributed by atoms with Crippen molar-refractivity contribution in [3.05, 3.63) is 95.8 Å². The normalized spacial score (nSPS) is 11.2. The van der Waals surface area contributed by atoms with Crippen molar-refractivity contribution in [2.75, 3.05) is 36.8 Å². The number of halogens is 1. The second-order valence-corrected chi connectivity index (χ2v) is 9.90. The van der Waals surface area contributed by atoms with Gasteiger partial charge in [-0.25, -0.2) is 8.70 Å². The third-order valence-corrected chi connectivity index (χ3v) is 6.94. The first-order valence-corrected chi connectivity index (χ1v) is 12.3. The molecule has 0 saturated carbocycles. The predicted octanol–water partition coefficient (Wildman–Crippen LogP) is 3.05. The molecule has 0 saturated heterocycles. The summed E-state index contributed by atoms with van der Waals surface area (Å²) in [6.07, 6.45) is 0.640. The Hall–Kier alpha value is -3.76. The van der Waals surface area contributed by atoms with Crippen LogP contribution in [0.4, 0.5) is 15.8 Å². The lowest BCUT2D eigenvalue weighted by atomic mass is 10.1. The molecule has 2 amide bonds. The van der Waals surface area contributed by atoms with Crippen LogP contribution in [0.5, 0.6) is 0 Å². The van der Waals surface area contributed by atoms with Gasteiger partial charge < -0.3 is 10.6 Å². The van der Waals surface area contributed by atoms with E-state index in [9.17, 15) is 22.4 Å². The maximum atomic E-state index is 14.4. The van der Waals surface area contributed by atoms with Crippen LogP contribution in [-0.2, 0) is 21.4 Å². The fraction of sp³-hybridized carbons (Fsp3) is 0.200. The zero-order valence-corrected chi connectivity index (χ0v) is 20.3. The molecule has 8 nitrogen and oxygen atoms in total. The van der Waals surface area contributed by atoms with Gasteiger partial charge in [-0.3, -0.25) is 9.59 Å². The van der Waals surface area contributed by atoms with Crippen LogP contribution in [0.15, 0.2) is 78.9 Å². The van der Waals surface area contributed by atoms with Gasteiger partial charge in [0.15, 0.2) is 0 Å². The van der Waals surface area contributed by atoms with Crippen LogP contribution in [0.3, 0.4) is 0 Å². The van der Waals surface area contributed by atoms with Gasteiger partial charge in [0.05, 0.1) is 16.9 Å². The van der Waals surface area contributed by atoms with Crippen molar-refractivity contribution in [1.82, 2.24) is 9.62 Å². The summed E-state index contributed by atoms with van der Waals surface area (Å²) in [7, 11) is -1.60. The van der Waals surface area contributed by atoms with E-state index in [1.54, 1.807) is 18.2 Å². The Morgan fingerprint density at radius 3 is 2.20 bits per heavy atom. The van der Waals surface area contributed by atoms with E-state index in [2.05, 4.69) is 10.6 Å². The van der Waals surface area contributed by atoms with E-state index in [4.69, 9.17) is 0 Å². The Labute approximate surface area is 204 Å². The monoisotopic (exact) mass is 498 g/mol. The Bertz CT molecular complexity index is 1280. The van der Waals surface area contributed by atoms with Crippen molar-refractivity contribution in [3.63, 3.8) is 0 Å². The summed E-state index contributed by atoms with van der Waals surface area (Å²) in [5, 5.41) is 5.40. The largest absolute Gasteiger partial charge is 0.352 e. The van der Waals surface area contributed by atoms with Crippen LogP contribution in [-0.4, -0.2) is 51.7 Å². The number of nitrogens with zero attached hydrogens (tertiary/aromatic N) is 2. The smallest absolute Gasteiger partial charge is 0.304 e. The summed E-state index contributed by atoms with van der Waals surface area (Å²) >= 11 is 0. The third kappa shape index (κ3) is 6.65. The van der Waals surface area contributed by atoms with Gasteiger partial charge in [0.25, 0.3) is 5.91 Å². The quantitative estimate of drug-likeness (QED) is 0.449. The first-order chi connectivity index (χ1) is 16.7. The van der Waals surface area contributed by atoms with Gasteiger partial charge >= 0.3 is 10.2 Å². The lowest BCUT2D eigenvalue weighted by Crippen LogP contribution is -2.44. The molecule has 0 radical (unpaired) electrons. The minimum absolute atomic E-state index is 0.213. The topological polar surface area (TPSA) is 98.8 Å². The minimum atomic E-state index is -4.18. The maximum Gasteiger partial charge on any atom is 0.304 e. The molecular formula is C25H27FN4O4S. The van der Waals surface area contributed by atoms with Crippen molar-refractivity contribution >= 4 is 33.4 Å². The second kappa shape index (κ2) is 11.6. The highest BCUT2D eigenvalue weighted by atomic mass is 32.2. The Balaban J connectivity index is 1.74. The van der Waals surface area contributed by atoms with Crippen molar-refractivity contribution < 1.29 is 22.4 Å². The van der Waals surface area contributed by atoms with Crippen LogP contribution in [0, 0.1) is 5.82 Å². The molecule has 0 aliphatic heterocycles. The number of rotatable bonds is 10. The average Bonchev–Trinajstić information content (AvgIpc) is 2.84. The van der Waals surface area contributed by atoms with Crippen molar-refractivity contribution in [3.8, 4) is 0 Å².